The minimum absolute atomic E-state index is 0.0111. The molecule has 21 heavy (non-hydrogen) atoms. The number of nitrogens with one attached hydrogen (secondary N) is 1. The number of anilines is 1. The smallest absolute Gasteiger partial charge is 0.262 e. The summed E-state index contributed by atoms with van der Waals surface area (Å²) < 4.78 is 5.30. The Bertz CT molecular complexity index is 729. The second-order valence-electron chi connectivity index (χ2n) is 5.14. The molecule has 0 bridgehead atoms. The van der Waals surface area contributed by atoms with Crippen LogP contribution in [0.1, 0.15) is 27.0 Å². The molecule has 0 fully saturated rings. The molecule has 0 unspecified atom stereocenters. The number of benzene rings is 2. The number of hydrogen-bond acceptors (Lipinski definition) is 3. The molecule has 2 aromatic carbocycles. The molecular weight excluding hydrogens is 266 g/mol. The molecule has 106 valence electrons. The molecule has 0 saturated carbocycles. The van der Waals surface area contributed by atoms with Gasteiger partial charge in [0.2, 0.25) is 0 Å². The Balaban J connectivity index is 2.03. The van der Waals surface area contributed by atoms with E-state index in [9.17, 15) is 9.59 Å². The third-order valence-electron chi connectivity index (χ3n) is 3.58. The molecule has 0 aliphatic carbocycles. The Labute approximate surface area is 122 Å². The number of aryl methyl sites for hydroxylation is 2. The molecule has 0 atom stereocenters. The second kappa shape index (κ2) is 5.05. The van der Waals surface area contributed by atoms with Gasteiger partial charge >= 0.3 is 0 Å². The third kappa shape index (κ3) is 2.40. The summed E-state index contributed by atoms with van der Waals surface area (Å²) in [6, 6.07) is 10.9. The lowest BCUT2D eigenvalue weighted by Crippen LogP contribution is -2.25. The maximum atomic E-state index is 12.7. The van der Waals surface area contributed by atoms with Gasteiger partial charge in [0.05, 0.1) is 5.69 Å². The Hall–Kier alpha value is -2.62. The molecule has 1 aliphatic heterocycles. The van der Waals surface area contributed by atoms with Crippen LogP contribution in [-0.2, 0) is 4.79 Å². The van der Waals surface area contributed by atoms with Crippen LogP contribution in [0, 0.1) is 13.8 Å². The van der Waals surface area contributed by atoms with Crippen LogP contribution in [-0.4, -0.2) is 18.3 Å². The number of amides is 1. The van der Waals surface area contributed by atoms with Crippen molar-refractivity contribution >= 4 is 17.4 Å². The van der Waals surface area contributed by atoms with Gasteiger partial charge in [-0.05, 0) is 43.2 Å². The molecule has 4 heteroatoms. The van der Waals surface area contributed by atoms with Crippen molar-refractivity contribution in [3.63, 3.8) is 0 Å². The maximum absolute atomic E-state index is 12.7. The Kier molecular flexibility index (Phi) is 3.22. The highest BCUT2D eigenvalue weighted by atomic mass is 16.5. The van der Waals surface area contributed by atoms with Gasteiger partial charge in [0.25, 0.3) is 5.91 Å². The van der Waals surface area contributed by atoms with E-state index in [0.29, 0.717) is 22.6 Å². The van der Waals surface area contributed by atoms with Crippen LogP contribution in [0.2, 0.25) is 0 Å². The monoisotopic (exact) mass is 281 g/mol. The van der Waals surface area contributed by atoms with Crippen molar-refractivity contribution in [1.82, 2.24) is 0 Å². The van der Waals surface area contributed by atoms with Crippen LogP contribution >= 0.6 is 0 Å². The number of hydrogen-bond donors (Lipinski definition) is 1. The fourth-order valence-corrected chi connectivity index (χ4v) is 2.54. The van der Waals surface area contributed by atoms with Crippen molar-refractivity contribution in [2.75, 3.05) is 11.9 Å². The molecule has 0 saturated heterocycles. The zero-order valence-corrected chi connectivity index (χ0v) is 11.9. The largest absolute Gasteiger partial charge is 0.482 e. The van der Waals surface area contributed by atoms with Crippen molar-refractivity contribution in [2.45, 2.75) is 13.8 Å². The van der Waals surface area contributed by atoms with Crippen molar-refractivity contribution in [1.29, 1.82) is 0 Å². The zero-order chi connectivity index (χ0) is 15.0. The molecule has 3 rings (SSSR count). The van der Waals surface area contributed by atoms with E-state index >= 15 is 0 Å². The van der Waals surface area contributed by atoms with Crippen LogP contribution in [0.25, 0.3) is 0 Å². The Morgan fingerprint density at radius 1 is 1.14 bits per heavy atom. The number of fused-ring (bicyclic) bond motifs is 1. The fraction of sp³-hybridized carbons (Fsp3) is 0.176. The van der Waals surface area contributed by atoms with E-state index in [1.54, 1.807) is 18.2 Å². The average molecular weight is 281 g/mol. The SMILES string of the molecule is Cc1cccc(C)c1C(=O)c1ccc2c(c1)NC(=O)CO2. The summed E-state index contributed by atoms with van der Waals surface area (Å²) in [5.74, 6) is 0.333. The van der Waals surface area contributed by atoms with Crippen LogP contribution in [0.3, 0.4) is 0 Å². The summed E-state index contributed by atoms with van der Waals surface area (Å²) in [7, 11) is 0. The first-order valence-corrected chi connectivity index (χ1v) is 6.74. The van der Waals surface area contributed by atoms with Crippen LogP contribution < -0.4 is 10.1 Å². The highest BCUT2D eigenvalue weighted by Gasteiger charge is 2.20. The summed E-state index contributed by atoms with van der Waals surface area (Å²) in [5.41, 5.74) is 3.68. The van der Waals surface area contributed by atoms with Crippen LogP contribution in [0.5, 0.6) is 5.75 Å². The first-order chi connectivity index (χ1) is 10.1. The van der Waals surface area contributed by atoms with E-state index < -0.39 is 0 Å². The van der Waals surface area contributed by atoms with E-state index in [1.165, 1.54) is 0 Å². The molecule has 0 radical (unpaired) electrons. The molecule has 2 aromatic rings. The third-order valence-corrected chi connectivity index (χ3v) is 3.58. The normalized spacial score (nSPS) is 13.1. The predicted octanol–water partition coefficient (Wildman–Crippen LogP) is 2.87. The summed E-state index contributed by atoms with van der Waals surface area (Å²) in [6.07, 6.45) is 0. The number of ether oxygens (including phenoxy) is 1. The molecule has 1 N–H and O–H groups in total. The molecule has 1 aliphatic rings. The summed E-state index contributed by atoms with van der Waals surface area (Å²) in [5, 5.41) is 2.72. The Morgan fingerprint density at radius 2 is 1.86 bits per heavy atom. The van der Waals surface area contributed by atoms with E-state index in [4.69, 9.17) is 4.74 Å². The second-order valence-corrected chi connectivity index (χ2v) is 5.14. The average Bonchev–Trinajstić information content (AvgIpc) is 2.46. The van der Waals surface area contributed by atoms with Gasteiger partial charge in [0.15, 0.2) is 12.4 Å². The highest BCUT2D eigenvalue weighted by Crippen LogP contribution is 2.30. The molecule has 0 spiro atoms. The molecular formula is C17H15NO3. The van der Waals surface area contributed by atoms with E-state index in [0.717, 1.165) is 11.1 Å². The summed E-state index contributed by atoms with van der Waals surface area (Å²) in [6.45, 7) is 3.85. The summed E-state index contributed by atoms with van der Waals surface area (Å²) >= 11 is 0. The number of carbonyl (C=O) groups is 2. The number of carbonyl (C=O) groups excluding carboxylic acids is 2. The van der Waals surface area contributed by atoms with Crippen molar-refractivity contribution in [2.24, 2.45) is 0 Å². The Morgan fingerprint density at radius 3 is 2.57 bits per heavy atom. The lowest BCUT2D eigenvalue weighted by molar-refractivity contribution is -0.118. The van der Waals surface area contributed by atoms with E-state index in [2.05, 4.69) is 5.32 Å². The van der Waals surface area contributed by atoms with Crippen molar-refractivity contribution in [3.8, 4) is 5.75 Å². The van der Waals surface area contributed by atoms with Crippen molar-refractivity contribution in [3.05, 3.63) is 58.7 Å². The van der Waals surface area contributed by atoms with E-state index in [1.807, 2.05) is 32.0 Å². The lowest BCUT2D eigenvalue weighted by Gasteiger charge is -2.18. The lowest BCUT2D eigenvalue weighted by atomic mass is 9.94. The number of rotatable bonds is 2. The topological polar surface area (TPSA) is 55.4 Å². The minimum atomic E-state index is -0.209. The molecule has 1 heterocycles. The van der Waals surface area contributed by atoms with Gasteiger partial charge in [-0.3, -0.25) is 9.59 Å². The predicted molar refractivity (Wildman–Crippen MR) is 79.9 cm³/mol. The maximum Gasteiger partial charge on any atom is 0.262 e. The number of ketones is 1. The highest BCUT2D eigenvalue weighted by molar-refractivity contribution is 6.12. The van der Waals surface area contributed by atoms with Gasteiger partial charge in [-0.2, -0.15) is 0 Å². The van der Waals surface area contributed by atoms with Gasteiger partial charge in [-0.15, -0.1) is 0 Å². The fourth-order valence-electron chi connectivity index (χ4n) is 2.54. The first kappa shape index (κ1) is 13.4. The van der Waals surface area contributed by atoms with Crippen LogP contribution in [0.15, 0.2) is 36.4 Å². The molecule has 4 nitrogen and oxygen atoms in total. The molecule has 1 amide bonds. The zero-order valence-electron chi connectivity index (χ0n) is 11.9. The van der Waals surface area contributed by atoms with E-state index in [-0.39, 0.29) is 18.3 Å². The quantitative estimate of drug-likeness (QED) is 0.861. The summed E-state index contributed by atoms with van der Waals surface area (Å²) in [4.78, 5) is 24.1. The van der Waals surface area contributed by atoms with Gasteiger partial charge in [-0.1, -0.05) is 18.2 Å². The van der Waals surface area contributed by atoms with Gasteiger partial charge in [0, 0.05) is 11.1 Å². The van der Waals surface area contributed by atoms with Gasteiger partial charge in [-0.25, -0.2) is 0 Å². The van der Waals surface area contributed by atoms with Crippen LogP contribution in [0.4, 0.5) is 5.69 Å². The first-order valence-electron chi connectivity index (χ1n) is 6.74. The molecule has 0 aromatic heterocycles. The minimum Gasteiger partial charge on any atom is -0.482 e. The van der Waals surface area contributed by atoms with Gasteiger partial charge in [0.1, 0.15) is 5.75 Å². The van der Waals surface area contributed by atoms with Gasteiger partial charge < -0.3 is 10.1 Å². The standard InChI is InChI=1S/C17H15NO3/c1-10-4-3-5-11(2)16(10)17(20)12-6-7-14-13(8-12)18-15(19)9-21-14/h3-8H,9H2,1-2H3,(H,18,19). The van der Waals surface area contributed by atoms with Crippen molar-refractivity contribution < 1.29 is 14.3 Å².